The smallest absolute Gasteiger partial charge is 0.292 e. The van der Waals surface area contributed by atoms with Gasteiger partial charge in [0.25, 0.3) is 5.91 Å². The zero-order valence-corrected chi connectivity index (χ0v) is 12.0. The number of carbonyl (C=O) groups excluding carboxylic acids is 1. The van der Waals surface area contributed by atoms with Gasteiger partial charge in [-0.1, -0.05) is 18.2 Å². The van der Waals surface area contributed by atoms with Crippen molar-refractivity contribution in [2.24, 2.45) is 0 Å². The lowest BCUT2D eigenvalue weighted by atomic mass is 10.2. The van der Waals surface area contributed by atoms with Crippen molar-refractivity contribution < 1.29 is 9.21 Å². The molecule has 5 heteroatoms. The first-order valence-corrected chi connectivity index (χ1v) is 6.86. The number of anilines is 3. The number of benzene rings is 1. The standard InChI is InChI=1S/C17H15N3O2/c1-12-5-2-3-6-14(12)19-13-8-9-16(18-11-13)20-17(21)15-7-4-10-22-15/h2-11,19H,1H3,(H,18,20,21). The van der Waals surface area contributed by atoms with Crippen molar-refractivity contribution in [3.63, 3.8) is 0 Å². The van der Waals surface area contributed by atoms with E-state index >= 15 is 0 Å². The quantitative estimate of drug-likeness (QED) is 0.763. The summed E-state index contributed by atoms with van der Waals surface area (Å²) in [5, 5.41) is 5.96. The molecular formula is C17H15N3O2. The zero-order valence-electron chi connectivity index (χ0n) is 12.0. The monoisotopic (exact) mass is 293 g/mol. The first kappa shape index (κ1) is 13.9. The molecule has 3 aromatic rings. The van der Waals surface area contributed by atoms with E-state index in [1.807, 2.05) is 37.3 Å². The molecule has 2 aromatic heterocycles. The van der Waals surface area contributed by atoms with E-state index in [1.54, 1.807) is 24.4 Å². The number of pyridine rings is 1. The van der Waals surface area contributed by atoms with Crippen molar-refractivity contribution in [2.75, 3.05) is 10.6 Å². The Morgan fingerprint density at radius 1 is 1.09 bits per heavy atom. The number of furan rings is 1. The molecule has 0 fully saturated rings. The highest BCUT2D eigenvalue weighted by Crippen LogP contribution is 2.20. The van der Waals surface area contributed by atoms with Gasteiger partial charge in [0.1, 0.15) is 5.82 Å². The summed E-state index contributed by atoms with van der Waals surface area (Å²) in [7, 11) is 0. The summed E-state index contributed by atoms with van der Waals surface area (Å²) in [5.41, 5.74) is 3.03. The van der Waals surface area contributed by atoms with Crippen molar-refractivity contribution >= 4 is 23.1 Å². The number of amides is 1. The number of nitrogens with one attached hydrogen (secondary N) is 2. The largest absolute Gasteiger partial charge is 0.459 e. The summed E-state index contributed by atoms with van der Waals surface area (Å²) in [6, 6.07) is 14.9. The molecule has 1 aromatic carbocycles. The molecule has 0 aliphatic carbocycles. The maximum absolute atomic E-state index is 11.8. The Bertz CT molecular complexity index is 765. The molecule has 0 bridgehead atoms. The summed E-state index contributed by atoms with van der Waals surface area (Å²) in [5.74, 6) is 0.401. The van der Waals surface area contributed by atoms with Crippen molar-refractivity contribution in [2.45, 2.75) is 6.92 Å². The number of carbonyl (C=O) groups is 1. The molecule has 110 valence electrons. The van der Waals surface area contributed by atoms with E-state index in [0.717, 1.165) is 16.9 Å². The lowest BCUT2D eigenvalue weighted by Gasteiger charge is -2.09. The van der Waals surface area contributed by atoms with Crippen molar-refractivity contribution in [3.8, 4) is 0 Å². The van der Waals surface area contributed by atoms with E-state index in [0.29, 0.717) is 5.82 Å². The molecule has 1 amide bonds. The highest BCUT2D eigenvalue weighted by molar-refractivity contribution is 6.01. The SMILES string of the molecule is Cc1ccccc1Nc1ccc(NC(=O)c2ccco2)nc1. The number of hydrogen-bond donors (Lipinski definition) is 2. The molecular weight excluding hydrogens is 278 g/mol. The third-order valence-corrected chi connectivity index (χ3v) is 3.17. The first-order chi connectivity index (χ1) is 10.7. The second kappa shape index (κ2) is 6.13. The lowest BCUT2D eigenvalue weighted by molar-refractivity contribution is 0.0996. The van der Waals surface area contributed by atoms with Crippen LogP contribution >= 0.6 is 0 Å². The Morgan fingerprint density at radius 3 is 2.64 bits per heavy atom. The number of para-hydroxylation sites is 1. The predicted molar refractivity (Wildman–Crippen MR) is 85.4 cm³/mol. The van der Waals surface area contributed by atoms with Crippen molar-refractivity contribution in [3.05, 3.63) is 72.3 Å². The Hall–Kier alpha value is -3.08. The van der Waals surface area contributed by atoms with Crippen LogP contribution in [0.2, 0.25) is 0 Å². The minimum atomic E-state index is -0.322. The number of nitrogens with zero attached hydrogens (tertiary/aromatic N) is 1. The molecule has 22 heavy (non-hydrogen) atoms. The van der Waals surface area contributed by atoms with Gasteiger partial charge in [-0.15, -0.1) is 0 Å². The summed E-state index contributed by atoms with van der Waals surface area (Å²) < 4.78 is 5.03. The molecule has 0 spiro atoms. The van der Waals surface area contributed by atoms with Gasteiger partial charge < -0.3 is 15.1 Å². The summed E-state index contributed by atoms with van der Waals surface area (Å²) in [6.45, 7) is 2.04. The van der Waals surface area contributed by atoms with Gasteiger partial charge in [-0.25, -0.2) is 4.98 Å². The van der Waals surface area contributed by atoms with Crippen LogP contribution in [-0.4, -0.2) is 10.9 Å². The van der Waals surface area contributed by atoms with Crippen molar-refractivity contribution in [1.82, 2.24) is 4.98 Å². The van der Waals surface area contributed by atoms with Gasteiger partial charge >= 0.3 is 0 Å². The maximum Gasteiger partial charge on any atom is 0.292 e. The van der Waals surface area contributed by atoms with Crippen LogP contribution in [0.25, 0.3) is 0 Å². The topological polar surface area (TPSA) is 67.2 Å². The number of aromatic nitrogens is 1. The second-order valence-corrected chi connectivity index (χ2v) is 4.80. The van der Waals surface area contributed by atoms with Crippen LogP contribution in [0.5, 0.6) is 0 Å². The van der Waals surface area contributed by atoms with Crippen LogP contribution in [0.4, 0.5) is 17.2 Å². The number of hydrogen-bond acceptors (Lipinski definition) is 4. The van der Waals surface area contributed by atoms with E-state index in [1.165, 1.54) is 6.26 Å². The van der Waals surface area contributed by atoms with Gasteiger partial charge in [-0.2, -0.15) is 0 Å². The van der Waals surface area contributed by atoms with E-state index in [4.69, 9.17) is 4.42 Å². The van der Waals surface area contributed by atoms with Gasteiger partial charge in [0.15, 0.2) is 5.76 Å². The van der Waals surface area contributed by atoms with Crippen LogP contribution < -0.4 is 10.6 Å². The molecule has 0 aliphatic heterocycles. The van der Waals surface area contributed by atoms with Crippen LogP contribution in [0.15, 0.2) is 65.4 Å². The van der Waals surface area contributed by atoms with E-state index in [9.17, 15) is 4.79 Å². The molecule has 2 N–H and O–H groups in total. The molecule has 0 radical (unpaired) electrons. The average Bonchev–Trinajstić information content (AvgIpc) is 3.06. The Kier molecular flexibility index (Phi) is 3.87. The first-order valence-electron chi connectivity index (χ1n) is 6.86. The predicted octanol–water partition coefficient (Wildman–Crippen LogP) is 3.98. The Labute approximate surface area is 128 Å². The minimum Gasteiger partial charge on any atom is -0.459 e. The lowest BCUT2D eigenvalue weighted by Crippen LogP contribution is -2.11. The van der Waals surface area contributed by atoms with Gasteiger partial charge in [0.05, 0.1) is 18.1 Å². The van der Waals surface area contributed by atoms with Crippen LogP contribution in [0.3, 0.4) is 0 Å². The van der Waals surface area contributed by atoms with Gasteiger partial charge in [-0.3, -0.25) is 4.79 Å². The number of aryl methyl sites for hydroxylation is 1. The Balaban J connectivity index is 1.68. The van der Waals surface area contributed by atoms with E-state index < -0.39 is 0 Å². The van der Waals surface area contributed by atoms with Gasteiger partial charge in [-0.05, 0) is 42.8 Å². The molecule has 0 saturated heterocycles. The molecule has 2 heterocycles. The molecule has 0 unspecified atom stereocenters. The summed E-state index contributed by atoms with van der Waals surface area (Å²) in [4.78, 5) is 16.1. The second-order valence-electron chi connectivity index (χ2n) is 4.80. The van der Waals surface area contributed by atoms with E-state index in [2.05, 4.69) is 15.6 Å². The third-order valence-electron chi connectivity index (χ3n) is 3.17. The highest BCUT2D eigenvalue weighted by atomic mass is 16.3. The van der Waals surface area contributed by atoms with Gasteiger partial charge in [0, 0.05) is 5.69 Å². The van der Waals surface area contributed by atoms with Crippen molar-refractivity contribution in [1.29, 1.82) is 0 Å². The molecule has 5 nitrogen and oxygen atoms in total. The fourth-order valence-corrected chi connectivity index (χ4v) is 2.00. The minimum absolute atomic E-state index is 0.254. The molecule has 3 rings (SSSR count). The Morgan fingerprint density at radius 2 is 1.95 bits per heavy atom. The van der Waals surface area contributed by atoms with Crippen LogP contribution in [0.1, 0.15) is 16.1 Å². The van der Waals surface area contributed by atoms with Gasteiger partial charge in [0.2, 0.25) is 0 Å². The maximum atomic E-state index is 11.8. The third kappa shape index (κ3) is 3.15. The number of rotatable bonds is 4. The van der Waals surface area contributed by atoms with Crippen LogP contribution in [-0.2, 0) is 0 Å². The highest BCUT2D eigenvalue weighted by Gasteiger charge is 2.09. The normalized spacial score (nSPS) is 10.2. The van der Waals surface area contributed by atoms with E-state index in [-0.39, 0.29) is 11.7 Å². The molecule has 0 atom stereocenters. The fourth-order valence-electron chi connectivity index (χ4n) is 2.00. The average molecular weight is 293 g/mol. The van der Waals surface area contributed by atoms with Crippen LogP contribution in [0, 0.1) is 6.92 Å². The molecule has 0 aliphatic rings. The fraction of sp³-hybridized carbons (Fsp3) is 0.0588. The zero-order chi connectivity index (χ0) is 15.4. The summed E-state index contributed by atoms with van der Waals surface area (Å²) in [6.07, 6.45) is 3.13. The summed E-state index contributed by atoms with van der Waals surface area (Å²) >= 11 is 0. The molecule has 0 saturated carbocycles.